The van der Waals surface area contributed by atoms with Crippen molar-refractivity contribution in [3.63, 3.8) is 0 Å². The van der Waals surface area contributed by atoms with Crippen molar-refractivity contribution in [1.82, 2.24) is 4.57 Å². The van der Waals surface area contributed by atoms with Crippen molar-refractivity contribution < 1.29 is 4.42 Å². The molecule has 0 aliphatic carbocycles. The standard InChI is InChI=1S/C56H49BN2OS2/c1-54(2,3)30-18-22-33(23-19-30)58-40-29-43-36(34-14-10-12-16-42(34)60-43)28-37(40)46-47-35-15-11-13-17-44(35)61-52(47)48-38-26-31(55(4,5)6)20-24-41(38)59-50-39-27-32(56(7,8)9)21-25-45(39)62-53(50)57-49(46)51(48)59/h10-29,57-58H,1-9H3. The number of para-hydroxylation sites is 1. The molecule has 0 saturated heterocycles. The van der Waals surface area contributed by atoms with Crippen LogP contribution < -0.4 is 15.6 Å². The third-order valence-corrected chi connectivity index (χ3v) is 15.8. The Morgan fingerprint density at radius 3 is 1.94 bits per heavy atom. The molecule has 62 heavy (non-hydrogen) atoms. The average Bonchev–Trinajstić information content (AvgIpc) is 3.99. The van der Waals surface area contributed by atoms with Crippen LogP contribution in [0.3, 0.4) is 0 Å². The molecule has 1 aliphatic rings. The zero-order valence-electron chi connectivity index (χ0n) is 36.9. The van der Waals surface area contributed by atoms with Gasteiger partial charge in [0, 0.05) is 69.1 Å². The summed E-state index contributed by atoms with van der Waals surface area (Å²) in [5.41, 5.74) is 15.9. The molecule has 3 nitrogen and oxygen atoms in total. The van der Waals surface area contributed by atoms with Crippen LogP contribution in [0.1, 0.15) is 79.0 Å². The molecule has 5 heterocycles. The Kier molecular flexibility index (Phi) is 7.87. The number of hydrogen-bond acceptors (Lipinski definition) is 4. The number of hydrogen-bond donors (Lipinski definition) is 1. The lowest BCUT2D eigenvalue weighted by Gasteiger charge is -2.24. The molecule has 0 amide bonds. The predicted molar refractivity (Wildman–Crippen MR) is 274 cm³/mol. The molecule has 0 bridgehead atoms. The van der Waals surface area contributed by atoms with Crippen LogP contribution in [0.4, 0.5) is 11.4 Å². The number of aromatic nitrogens is 1. The zero-order valence-corrected chi connectivity index (χ0v) is 38.6. The van der Waals surface area contributed by atoms with Gasteiger partial charge >= 0.3 is 0 Å². The van der Waals surface area contributed by atoms with Gasteiger partial charge in [0.05, 0.1) is 22.4 Å². The molecule has 4 aromatic heterocycles. The Hall–Kier alpha value is -5.82. The summed E-state index contributed by atoms with van der Waals surface area (Å²) in [6, 6.07) is 45.8. The van der Waals surface area contributed by atoms with Crippen LogP contribution in [0.15, 0.2) is 126 Å². The Morgan fingerprint density at radius 2 is 1.19 bits per heavy atom. The van der Waals surface area contributed by atoms with Gasteiger partial charge < -0.3 is 14.3 Å². The summed E-state index contributed by atoms with van der Waals surface area (Å²) in [4.78, 5) is 0. The van der Waals surface area contributed by atoms with Crippen molar-refractivity contribution in [2.45, 2.75) is 78.6 Å². The van der Waals surface area contributed by atoms with E-state index in [2.05, 4.69) is 194 Å². The number of nitrogens with zero attached hydrogens (tertiary/aromatic N) is 1. The van der Waals surface area contributed by atoms with Crippen molar-refractivity contribution in [2.24, 2.45) is 0 Å². The minimum atomic E-state index is 0.00112. The fourth-order valence-electron chi connectivity index (χ4n) is 10.1. The molecule has 0 unspecified atom stereocenters. The number of benzene rings is 7. The van der Waals surface area contributed by atoms with Gasteiger partial charge in [-0.2, -0.15) is 0 Å². The van der Waals surface area contributed by atoms with E-state index in [4.69, 9.17) is 4.42 Å². The van der Waals surface area contributed by atoms with E-state index in [1.807, 2.05) is 22.7 Å². The highest BCUT2D eigenvalue weighted by Crippen LogP contribution is 2.51. The Balaban J connectivity index is 1.26. The monoisotopic (exact) mass is 840 g/mol. The molecule has 0 radical (unpaired) electrons. The first-order chi connectivity index (χ1) is 29.6. The number of nitrogens with one attached hydrogen (secondary N) is 1. The van der Waals surface area contributed by atoms with Crippen LogP contribution in [0, 0.1) is 0 Å². The lowest BCUT2D eigenvalue weighted by atomic mass is 9.62. The van der Waals surface area contributed by atoms with Crippen LogP contribution in [0.2, 0.25) is 0 Å². The van der Waals surface area contributed by atoms with E-state index in [-0.39, 0.29) is 16.2 Å². The molecule has 1 N–H and O–H groups in total. The molecule has 0 saturated carbocycles. The fourth-order valence-corrected chi connectivity index (χ4v) is 12.6. The maximum absolute atomic E-state index is 6.64. The summed E-state index contributed by atoms with van der Waals surface area (Å²) < 4.78 is 14.7. The molecular formula is C56H49BN2OS2. The van der Waals surface area contributed by atoms with Crippen molar-refractivity contribution in [3.8, 4) is 16.8 Å². The highest BCUT2D eigenvalue weighted by Gasteiger charge is 2.34. The van der Waals surface area contributed by atoms with E-state index < -0.39 is 0 Å². The van der Waals surface area contributed by atoms with Gasteiger partial charge in [-0.15, -0.1) is 22.7 Å². The van der Waals surface area contributed by atoms with Crippen LogP contribution in [-0.2, 0) is 16.2 Å². The maximum Gasteiger partial charge on any atom is 0.211 e. The maximum atomic E-state index is 6.64. The molecule has 1 aliphatic heterocycles. The second-order valence-corrected chi connectivity index (χ2v) is 22.8. The van der Waals surface area contributed by atoms with Gasteiger partial charge in [-0.25, -0.2) is 0 Å². The summed E-state index contributed by atoms with van der Waals surface area (Å²) in [6.45, 7) is 20.8. The van der Waals surface area contributed by atoms with E-state index in [0.717, 1.165) is 40.6 Å². The van der Waals surface area contributed by atoms with Crippen LogP contribution in [0.25, 0.3) is 90.8 Å². The van der Waals surface area contributed by atoms with Gasteiger partial charge in [-0.1, -0.05) is 123 Å². The Morgan fingerprint density at radius 1 is 0.548 bits per heavy atom. The number of furan rings is 1. The number of thiophene rings is 2. The van der Waals surface area contributed by atoms with E-state index in [0.29, 0.717) is 0 Å². The average molecular weight is 841 g/mol. The van der Waals surface area contributed by atoms with Crippen molar-refractivity contribution in [1.29, 1.82) is 0 Å². The van der Waals surface area contributed by atoms with E-state index in [9.17, 15) is 0 Å². The molecule has 7 aromatic carbocycles. The Labute approximate surface area is 371 Å². The van der Waals surface area contributed by atoms with Crippen molar-refractivity contribution in [3.05, 3.63) is 138 Å². The molecule has 12 rings (SSSR count). The van der Waals surface area contributed by atoms with Gasteiger partial charge in [0.25, 0.3) is 0 Å². The summed E-state index contributed by atoms with van der Waals surface area (Å²) in [5.74, 6) is 0. The molecule has 0 spiro atoms. The molecular weight excluding hydrogens is 792 g/mol. The summed E-state index contributed by atoms with van der Waals surface area (Å²) in [6.07, 6.45) is 0. The normalized spacial score (nSPS) is 13.4. The first kappa shape index (κ1) is 37.9. The van der Waals surface area contributed by atoms with Crippen molar-refractivity contribution >= 4 is 126 Å². The number of fused-ring (bicyclic) bond motifs is 14. The molecule has 304 valence electrons. The van der Waals surface area contributed by atoms with Gasteiger partial charge in [-0.05, 0) is 103 Å². The molecule has 6 heteroatoms. The smallest absolute Gasteiger partial charge is 0.211 e. The predicted octanol–water partition coefficient (Wildman–Crippen LogP) is 15.3. The second-order valence-electron chi connectivity index (χ2n) is 20.7. The van der Waals surface area contributed by atoms with Gasteiger partial charge in [0.2, 0.25) is 7.28 Å². The van der Waals surface area contributed by atoms with Crippen LogP contribution in [-0.4, -0.2) is 11.8 Å². The highest BCUT2D eigenvalue weighted by atomic mass is 32.1. The third kappa shape index (κ3) is 5.55. The highest BCUT2D eigenvalue weighted by molar-refractivity contribution is 7.29. The summed E-state index contributed by atoms with van der Waals surface area (Å²) >= 11 is 3.92. The number of anilines is 2. The van der Waals surface area contributed by atoms with Gasteiger partial charge in [0.15, 0.2) is 0 Å². The minimum absolute atomic E-state index is 0.00112. The third-order valence-electron chi connectivity index (χ3n) is 13.5. The first-order valence-corrected chi connectivity index (χ1v) is 23.6. The first-order valence-electron chi connectivity index (χ1n) is 22.0. The largest absolute Gasteiger partial charge is 0.456 e. The zero-order chi connectivity index (χ0) is 42.6. The Bertz CT molecular complexity index is 3690. The van der Waals surface area contributed by atoms with Crippen molar-refractivity contribution in [2.75, 3.05) is 5.32 Å². The topological polar surface area (TPSA) is 30.1 Å². The molecule has 11 aromatic rings. The molecule has 0 atom stereocenters. The van der Waals surface area contributed by atoms with Crippen LogP contribution in [0.5, 0.6) is 0 Å². The van der Waals surface area contributed by atoms with E-state index >= 15 is 0 Å². The van der Waals surface area contributed by atoms with E-state index in [1.54, 1.807) is 0 Å². The summed E-state index contributed by atoms with van der Waals surface area (Å²) in [7, 11) is 0.845. The SMILES string of the molecule is CC(C)(C)c1ccc(Nc2cc3oc4ccccc4c3cc2-c2c3c4c(c5cc(C(C)(C)C)ccc5n4-c4c(sc5ccc(C(C)(C)C)cc45)B3)c3sc4ccccc4c23)cc1. The van der Waals surface area contributed by atoms with Gasteiger partial charge in [0.1, 0.15) is 11.2 Å². The lowest BCUT2D eigenvalue weighted by Crippen LogP contribution is -2.35. The minimum Gasteiger partial charge on any atom is -0.456 e. The number of rotatable bonds is 3. The molecule has 0 fully saturated rings. The fraction of sp³-hybridized carbons (Fsp3) is 0.214. The lowest BCUT2D eigenvalue weighted by molar-refractivity contribution is 0.590. The van der Waals surface area contributed by atoms with Gasteiger partial charge in [-0.3, -0.25) is 0 Å². The second kappa shape index (κ2) is 12.9. The van der Waals surface area contributed by atoms with Crippen LogP contribution >= 0.6 is 22.7 Å². The quantitative estimate of drug-likeness (QED) is 0.180. The van der Waals surface area contributed by atoms with E-state index in [1.165, 1.54) is 95.8 Å². The summed E-state index contributed by atoms with van der Waals surface area (Å²) in [5, 5.41) is 13.0.